The van der Waals surface area contributed by atoms with E-state index in [0.717, 1.165) is 18.7 Å². The average Bonchev–Trinajstić information content (AvgIpc) is 3.16. The van der Waals surface area contributed by atoms with Gasteiger partial charge in [0.25, 0.3) is 0 Å². The highest BCUT2D eigenvalue weighted by molar-refractivity contribution is 5.83. The van der Waals surface area contributed by atoms with Crippen molar-refractivity contribution in [1.29, 1.82) is 0 Å². The van der Waals surface area contributed by atoms with E-state index in [2.05, 4.69) is 64.7 Å². The first-order valence-electron chi connectivity index (χ1n) is 9.26. The van der Waals surface area contributed by atoms with Gasteiger partial charge in [0, 0.05) is 12.3 Å². The SMILES string of the molecule is CCC(C)c1n[nH]c(C(C)NC(=O)CCc2ccc3ccccc3c2)n1. The summed E-state index contributed by atoms with van der Waals surface area (Å²) in [5.41, 5.74) is 1.17. The molecule has 2 aromatic carbocycles. The molecule has 1 aromatic heterocycles. The fourth-order valence-electron chi connectivity index (χ4n) is 2.92. The second-order valence-electron chi connectivity index (χ2n) is 6.86. The van der Waals surface area contributed by atoms with Gasteiger partial charge in [0.05, 0.1) is 6.04 Å². The standard InChI is InChI=1S/C21H26N4O/c1-4-14(2)20-23-21(25-24-20)15(3)22-19(26)12-10-16-9-11-17-7-5-6-8-18(17)13-16/h5-9,11,13-15H,4,10,12H2,1-3H3,(H,22,26)(H,23,24,25). The number of fused-ring (bicyclic) bond motifs is 1. The van der Waals surface area contributed by atoms with E-state index < -0.39 is 0 Å². The molecule has 26 heavy (non-hydrogen) atoms. The highest BCUT2D eigenvalue weighted by Gasteiger charge is 2.16. The highest BCUT2D eigenvalue weighted by atomic mass is 16.1. The monoisotopic (exact) mass is 350 g/mol. The Balaban J connectivity index is 1.55. The Morgan fingerprint density at radius 1 is 1.15 bits per heavy atom. The minimum absolute atomic E-state index is 0.0205. The van der Waals surface area contributed by atoms with E-state index in [1.54, 1.807) is 0 Å². The van der Waals surface area contributed by atoms with Crippen LogP contribution in [0.15, 0.2) is 42.5 Å². The molecule has 0 saturated carbocycles. The third-order valence-corrected chi connectivity index (χ3v) is 4.82. The molecule has 0 aliphatic heterocycles. The smallest absolute Gasteiger partial charge is 0.220 e. The third-order valence-electron chi connectivity index (χ3n) is 4.82. The van der Waals surface area contributed by atoms with Gasteiger partial charge in [-0.2, -0.15) is 5.10 Å². The number of aromatic amines is 1. The first-order valence-corrected chi connectivity index (χ1v) is 9.26. The maximum atomic E-state index is 12.3. The Hall–Kier alpha value is -2.69. The van der Waals surface area contributed by atoms with Gasteiger partial charge in [-0.15, -0.1) is 0 Å². The van der Waals surface area contributed by atoms with Crippen LogP contribution in [0.3, 0.4) is 0 Å². The molecule has 0 aliphatic carbocycles. The molecule has 3 aromatic rings. The number of aromatic nitrogens is 3. The molecular weight excluding hydrogens is 324 g/mol. The van der Waals surface area contributed by atoms with Gasteiger partial charge in [0.1, 0.15) is 5.82 Å². The van der Waals surface area contributed by atoms with Crippen LogP contribution < -0.4 is 5.32 Å². The molecule has 0 saturated heterocycles. The van der Waals surface area contributed by atoms with Crippen LogP contribution in [0, 0.1) is 0 Å². The Morgan fingerprint density at radius 2 is 1.92 bits per heavy atom. The molecule has 0 bridgehead atoms. The molecule has 0 fully saturated rings. The molecule has 1 heterocycles. The average molecular weight is 350 g/mol. The van der Waals surface area contributed by atoms with Crippen LogP contribution in [0.25, 0.3) is 10.8 Å². The number of benzene rings is 2. The van der Waals surface area contributed by atoms with Gasteiger partial charge < -0.3 is 5.32 Å². The molecule has 3 rings (SSSR count). The van der Waals surface area contributed by atoms with Crippen molar-refractivity contribution >= 4 is 16.7 Å². The Labute approximate surface area is 154 Å². The van der Waals surface area contributed by atoms with Crippen LogP contribution in [0.4, 0.5) is 0 Å². The zero-order valence-electron chi connectivity index (χ0n) is 15.6. The Bertz CT molecular complexity index is 886. The summed E-state index contributed by atoms with van der Waals surface area (Å²) >= 11 is 0. The molecule has 0 aliphatic rings. The number of carbonyl (C=O) groups excluding carboxylic acids is 1. The number of nitrogens with zero attached hydrogens (tertiary/aromatic N) is 2. The van der Waals surface area contributed by atoms with Crippen molar-refractivity contribution in [3.8, 4) is 0 Å². The predicted octanol–water partition coefficient (Wildman–Crippen LogP) is 4.28. The summed E-state index contributed by atoms with van der Waals surface area (Å²) in [4.78, 5) is 16.8. The molecule has 2 N–H and O–H groups in total. The fourth-order valence-corrected chi connectivity index (χ4v) is 2.92. The third kappa shape index (κ3) is 4.28. The van der Waals surface area contributed by atoms with Gasteiger partial charge in [-0.25, -0.2) is 4.98 Å². The number of carbonyl (C=O) groups is 1. The van der Waals surface area contributed by atoms with Crippen LogP contribution in [-0.2, 0) is 11.2 Å². The molecule has 5 nitrogen and oxygen atoms in total. The molecule has 2 unspecified atom stereocenters. The largest absolute Gasteiger partial charge is 0.346 e. The number of rotatable bonds is 7. The van der Waals surface area contributed by atoms with Crippen molar-refractivity contribution in [1.82, 2.24) is 20.5 Å². The maximum absolute atomic E-state index is 12.3. The van der Waals surface area contributed by atoms with Crippen LogP contribution in [0.5, 0.6) is 0 Å². The van der Waals surface area contributed by atoms with E-state index >= 15 is 0 Å². The molecule has 136 valence electrons. The summed E-state index contributed by atoms with van der Waals surface area (Å²) in [5, 5.41) is 12.6. The molecule has 2 atom stereocenters. The zero-order valence-corrected chi connectivity index (χ0v) is 15.6. The number of nitrogens with one attached hydrogen (secondary N) is 2. The summed E-state index contributed by atoms with van der Waals surface area (Å²) in [6.07, 6.45) is 2.16. The molecule has 0 spiro atoms. The molecule has 5 heteroatoms. The topological polar surface area (TPSA) is 70.7 Å². The van der Waals surface area contributed by atoms with Crippen LogP contribution in [-0.4, -0.2) is 21.1 Å². The van der Waals surface area contributed by atoms with Gasteiger partial charge >= 0.3 is 0 Å². The van der Waals surface area contributed by atoms with Crippen molar-refractivity contribution < 1.29 is 4.79 Å². The minimum Gasteiger partial charge on any atom is -0.346 e. The lowest BCUT2D eigenvalue weighted by molar-refractivity contribution is -0.121. The molecular formula is C21H26N4O. The van der Waals surface area contributed by atoms with Crippen molar-refractivity contribution in [3.63, 3.8) is 0 Å². The van der Waals surface area contributed by atoms with Gasteiger partial charge in [0.15, 0.2) is 5.82 Å². The van der Waals surface area contributed by atoms with Crippen molar-refractivity contribution in [2.75, 3.05) is 0 Å². The van der Waals surface area contributed by atoms with E-state index in [1.807, 2.05) is 19.1 Å². The van der Waals surface area contributed by atoms with Gasteiger partial charge in [-0.05, 0) is 36.1 Å². The Kier molecular flexibility index (Phi) is 5.66. The number of aryl methyl sites for hydroxylation is 1. The number of H-pyrrole nitrogens is 1. The van der Waals surface area contributed by atoms with E-state index in [4.69, 9.17) is 0 Å². The van der Waals surface area contributed by atoms with E-state index in [1.165, 1.54) is 16.3 Å². The number of hydrogen-bond donors (Lipinski definition) is 2. The lowest BCUT2D eigenvalue weighted by Gasteiger charge is -2.11. The van der Waals surface area contributed by atoms with Crippen molar-refractivity contribution in [2.24, 2.45) is 0 Å². The molecule has 0 radical (unpaired) electrons. The van der Waals surface area contributed by atoms with Gasteiger partial charge in [0.2, 0.25) is 5.91 Å². The predicted molar refractivity (Wildman–Crippen MR) is 104 cm³/mol. The summed E-state index contributed by atoms with van der Waals surface area (Å²) < 4.78 is 0. The lowest BCUT2D eigenvalue weighted by atomic mass is 10.0. The summed E-state index contributed by atoms with van der Waals surface area (Å²) in [5.74, 6) is 1.85. The number of hydrogen-bond acceptors (Lipinski definition) is 3. The Morgan fingerprint density at radius 3 is 2.69 bits per heavy atom. The highest BCUT2D eigenvalue weighted by Crippen LogP contribution is 2.18. The first-order chi connectivity index (χ1) is 12.6. The second kappa shape index (κ2) is 8.13. The molecule has 1 amide bonds. The van der Waals surface area contributed by atoms with Gasteiger partial charge in [-0.3, -0.25) is 9.89 Å². The van der Waals surface area contributed by atoms with Crippen molar-refractivity contribution in [2.45, 2.75) is 52.0 Å². The fraction of sp³-hybridized carbons (Fsp3) is 0.381. The number of amides is 1. The lowest BCUT2D eigenvalue weighted by Crippen LogP contribution is -2.27. The van der Waals surface area contributed by atoms with E-state index in [-0.39, 0.29) is 11.9 Å². The minimum atomic E-state index is -0.176. The van der Waals surface area contributed by atoms with E-state index in [0.29, 0.717) is 18.2 Å². The van der Waals surface area contributed by atoms with Crippen LogP contribution >= 0.6 is 0 Å². The summed E-state index contributed by atoms with van der Waals surface area (Å²) in [6, 6.07) is 14.4. The van der Waals surface area contributed by atoms with Gasteiger partial charge in [-0.1, -0.05) is 56.3 Å². The summed E-state index contributed by atoms with van der Waals surface area (Å²) in [6.45, 7) is 6.13. The van der Waals surface area contributed by atoms with Crippen LogP contribution in [0.2, 0.25) is 0 Å². The first kappa shape index (κ1) is 18.1. The van der Waals surface area contributed by atoms with Crippen molar-refractivity contribution in [3.05, 3.63) is 59.7 Å². The summed E-state index contributed by atoms with van der Waals surface area (Å²) in [7, 11) is 0. The van der Waals surface area contributed by atoms with E-state index in [9.17, 15) is 4.79 Å². The second-order valence-corrected chi connectivity index (χ2v) is 6.86. The maximum Gasteiger partial charge on any atom is 0.220 e. The normalized spacial score (nSPS) is 13.5. The van der Waals surface area contributed by atoms with Crippen LogP contribution in [0.1, 0.15) is 62.8 Å². The quantitative estimate of drug-likeness (QED) is 0.668. The zero-order chi connectivity index (χ0) is 18.5.